The van der Waals surface area contributed by atoms with Gasteiger partial charge in [0.25, 0.3) is 0 Å². The monoisotopic (exact) mass is 955 g/mol. The molecular formula is C66H78N6. The van der Waals surface area contributed by atoms with Crippen LogP contribution in [-0.4, -0.2) is 29.0 Å². The van der Waals surface area contributed by atoms with Gasteiger partial charge in [0, 0.05) is 72.8 Å². The van der Waals surface area contributed by atoms with E-state index in [1.54, 1.807) is 0 Å². The summed E-state index contributed by atoms with van der Waals surface area (Å²) >= 11 is 0. The van der Waals surface area contributed by atoms with Crippen LogP contribution in [0.4, 0.5) is 0 Å². The number of fused-ring (bicyclic) bond motifs is 6. The molecule has 6 nitrogen and oxygen atoms in total. The minimum atomic E-state index is 1.04. The van der Waals surface area contributed by atoms with Crippen LogP contribution in [0.25, 0.3) is 33.3 Å². The summed E-state index contributed by atoms with van der Waals surface area (Å²) in [5.74, 6) is 0. The van der Waals surface area contributed by atoms with Gasteiger partial charge in [-0.25, -0.2) is 4.52 Å². The molecule has 0 atom stereocenters. The zero-order chi connectivity index (χ0) is 52.3. The average Bonchev–Trinajstić information content (AvgIpc) is 4.14. The van der Waals surface area contributed by atoms with Gasteiger partial charge in [0.2, 0.25) is 0 Å². The van der Waals surface area contributed by atoms with Gasteiger partial charge in [-0.1, -0.05) is 46.6 Å². The summed E-state index contributed by atoms with van der Waals surface area (Å²) in [5, 5.41) is 4.24. The van der Waals surface area contributed by atoms with Crippen LogP contribution in [0, 0.1) is 69.2 Å². The van der Waals surface area contributed by atoms with Crippen LogP contribution < -0.4 is 0 Å². The molecule has 7 aromatic heterocycles. The van der Waals surface area contributed by atoms with Gasteiger partial charge in [-0.2, -0.15) is 5.10 Å². The second kappa shape index (κ2) is 22.2. The van der Waals surface area contributed by atoms with E-state index in [0.29, 0.717) is 0 Å². The number of hydrogen-bond donors (Lipinski definition) is 0. The van der Waals surface area contributed by atoms with Crippen LogP contribution in [0.15, 0.2) is 120 Å². The molecule has 0 amide bonds. The largest absolute Gasteiger partial charge is 0.323 e. The number of pyridine rings is 4. The third kappa shape index (κ3) is 10.9. The highest BCUT2D eigenvalue weighted by Gasteiger charge is 2.20. The Morgan fingerprint density at radius 2 is 0.903 bits per heavy atom. The molecule has 1 aromatic carbocycles. The lowest BCUT2D eigenvalue weighted by Gasteiger charge is -2.04. The van der Waals surface area contributed by atoms with E-state index in [1.807, 2.05) is 41.6 Å². The molecule has 8 aromatic rings. The van der Waals surface area contributed by atoms with E-state index >= 15 is 0 Å². The van der Waals surface area contributed by atoms with E-state index in [0.717, 1.165) is 25.7 Å². The van der Waals surface area contributed by atoms with Gasteiger partial charge >= 0.3 is 0 Å². The quantitative estimate of drug-likeness (QED) is 0.152. The molecule has 4 aliphatic carbocycles. The fraction of sp³-hybridized carbons (Fsp3) is 0.333. The lowest BCUT2D eigenvalue weighted by Crippen LogP contribution is -1.91. The molecule has 0 N–H and O–H groups in total. The zero-order valence-corrected chi connectivity index (χ0v) is 46.7. The number of aryl methyl sites for hydroxylation is 10. The molecule has 0 spiro atoms. The molecule has 4 aliphatic rings. The molecule has 0 saturated carbocycles. The second-order valence-electron chi connectivity index (χ2n) is 20.9. The van der Waals surface area contributed by atoms with Gasteiger partial charge < -0.3 is 4.40 Å². The Morgan fingerprint density at radius 3 is 1.51 bits per heavy atom. The predicted molar refractivity (Wildman–Crippen MR) is 307 cm³/mol. The van der Waals surface area contributed by atoms with Crippen molar-refractivity contribution in [3.05, 3.63) is 221 Å². The molecule has 0 fully saturated rings. The third-order valence-corrected chi connectivity index (χ3v) is 15.8. The van der Waals surface area contributed by atoms with Gasteiger partial charge in [-0.3, -0.25) is 15.0 Å². The fourth-order valence-electron chi connectivity index (χ4n) is 11.0. The first-order valence-corrected chi connectivity index (χ1v) is 25.7. The summed E-state index contributed by atoms with van der Waals surface area (Å²) in [6.07, 6.45) is 20.3. The van der Waals surface area contributed by atoms with E-state index in [1.165, 1.54) is 156 Å². The second-order valence-corrected chi connectivity index (χ2v) is 20.9. The smallest absolute Gasteiger partial charge is 0.0707 e. The molecule has 0 aliphatic heterocycles. The first kappa shape index (κ1) is 52.9. The lowest BCUT2D eigenvalue weighted by molar-refractivity contribution is 0.930. The Kier molecular flexibility index (Phi) is 16.3. The average molecular weight is 955 g/mol. The Labute approximate surface area is 431 Å². The van der Waals surface area contributed by atoms with Crippen LogP contribution >= 0.6 is 0 Å². The topological polar surface area (TPSA) is 60.4 Å². The van der Waals surface area contributed by atoms with Crippen molar-refractivity contribution >= 4 is 33.3 Å². The Hall–Kier alpha value is -6.92. The zero-order valence-electron chi connectivity index (χ0n) is 46.7. The molecular weight excluding hydrogens is 877 g/mol. The molecule has 0 unspecified atom stereocenters. The molecule has 0 saturated heterocycles. The maximum Gasteiger partial charge on any atom is 0.0707 e. The maximum atomic E-state index is 4.38. The van der Waals surface area contributed by atoms with Gasteiger partial charge in [0.05, 0.1) is 16.7 Å². The lowest BCUT2D eigenvalue weighted by atomic mass is 10.0. The van der Waals surface area contributed by atoms with E-state index in [-0.39, 0.29) is 0 Å². The maximum absolute atomic E-state index is 4.38. The molecule has 372 valence electrons. The van der Waals surface area contributed by atoms with E-state index < -0.39 is 0 Å². The van der Waals surface area contributed by atoms with E-state index in [2.05, 4.69) is 210 Å². The molecule has 6 heteroatoms. The minimum absolute atomic E-state index is 1.04. The van der Waals surface area contributed by atoms with Crippen molar-refractivity contribution < 1.29 is 0 Å². The highest BCUT2D eigenvalue weighted by atomic mass is 15.2. The van der Waals surface area contributed by atoms with E-state index in [9.17, 15) is 0 Å². The van der Waals surface area contributed by atoms with Gasteiger partial charge in [0.15, 0.2) is 0 Å². The summed E-state index contributed by atoms with van der Waals surface area (Å²) in [6, 6.07) is 17.1. The Balaban J connectivity index is 0.000000127. The van der Waals surface area contributed by atoms with Crippen LogP contribution in [0.1, 0.15) is 156 Å². The Bertz CT molecular complexity index is 3110. The van der Waals surface area contributed by atoms with Crippen molar-refractivity contribution in [1.29, 1.82) is 0 Å². The summed E-state index contributed by atoms with van der Waals surface area (Å²) in [6.45, 7) is 39.1. The summed E-state index contributed by atoms with van der Waals surface area (Å²) in [7, 11) is 0. The first-order valence-electron chi connectivity index (χ1n) is 25.7. The van der Waals surface area contributed by atoms with Crippen molar-refractivity contribution in [2.45, 2.75) is 150 Å². The van der Waals surface area contributed by atoms with Gasteiger partial charge in [0.1, 0.15) is 0 Å². The number of rotatable bonds is 0. The van der Waals surface area contributed by atoms with Gasteiger partial charge in [-0.15, -0.1) is 0 Å². The summed E-state index contributed by atoms with van der Waals surface area (Å²) < 4.78 is 4.14. The highest BCUT2D eigenvalue weighted by Crippen LogP contribution is 2.36. The molecule has 72 heavy (non-hydrogen) atoms. The standard InChI is InChI=1S/C12H14.4C11H13N.C10H12N2/c1-8-5-4-6-11-7-9(2)10(3)12(8)11;1-7-4-10-6-12-5-8(2)11(10)9(7)3;1-7-6-10-4-5-12-9(3)11(10)8(7)2;1-7-4-5-12-10-6-8(2)9(3)11(7)10;1-8-5-4-6-12-7-9(2)10(3)11(8)12;1-7-4-5-11-12-6-8(2)9(3)10(7)12/h4-6H,7H2,1-3H3;5-6H,4H2,1-3H3;2*4-5H,6H2,1-3H3;4-7H,1-3H3;4-6H,1-3H3. The number of allylic oxidation sites excluding steroid dienone is 8. The summed E-state index contributed by atoms with van der Waals surface area (Å²) in [4.78, 5) is 12.9. The number of aromatic nitrogens is 6. The number of hydrogen-bond acceptors (Lipinski definition) is 4. The molecule has 7 heterocycles. The molecule has 0 bridgehead atoms. The van der Waals surface area contributed by atoms with Crippen LogP contribution in [0.3, 0.4) is 0 Å². The SMILES string of the molecule is CC1=C(C)c2c(C)cccc2C1.CC1=C(C)c2c(C)ccnc2C1.CC1=C(C)c2c(C)cncc2C1.CC1=C(C)c2c(ccnc2C)C1.Cc1cn2cccc(C)c2c1C.Cc1cn2nccc(C)c2c1C. The fourth-order valence-corrected chi connectivity index (χ4v) is 11.0. The highest BCUT2D eigenvalue weighted by molar-refractivity contribution is 5.78. The normalized spacial score (nSPS) is 13.8. The first-order chi connectivity index (χ1) is 34.2. The summed E-state index contributed by atoms with van der Waals surface area (Å²) in [5.41, 5.74) is 38.9. The minimum Gasteiger partial charge on any atom is -0.323 e. The third-order valence-electron chi connectivity index (χ3n) is 15.8. The van der Waals surface area contributed by atoms with Crippen molar-refractivity contribution in [2.75, 3.05) is 0 Å². The van der Waals surface area contributed by atoms with Crippen LogP contribution in [0.2, 0.25) is 0 Å². The van der Waals surface area contributed by atoms with Crippen molar-refractivity contribution in [1.82, 2.24) is 29.0 Å². The van der Waals surface area contributed by atoms with Crippen molar-refractivity contribution in [3.8, 4) is 0 Å². The Morgan fingerprint density at radius 1 is 0.389 bits per heavy atom. The van der Waals surface area contributed by atoms with Crippen LogP contribution in [-0.2, 0) is 25.7 Å². The predicted octanol–water partition coefficient (Wildman–Crippen LogP) is 16.7. The molecule has 0 radical (unpaired) electrons. The molecule has 12 rings (SSSR count). The van der Waals surface area contributed by atoms with E-state index in [4.69, 9.17) is 0 Å². The van der Waals surface area contributed by atoms with Crippen molar-refractivity contribution in [3.63, 3.8) is 0 Å². The number of nitrogens with zero attached hydrogens (tertiary/aromatic N) is 6. The van der Waals surface area contributed by atoms with Gasteiger partial charge in [-0.05, 0) is 268 Å². The number of benzene rings is 1. The van der Waals surface area contributed by atoms with Crippen molar-refractivity contribution in [2.24, 2.45) is 0 Å². The van der Waals surface area contributed by atoms with Crippen LogP contribution in [0.5, 0.6) is 0 Å².